The van der Waals surface area contributed by atoms with E-state index in [1.54, 1.807) is 16.4 Å². The molecule has 2 heterocycles. The van der Waals surface area contributed by atoms with Gasteiger partial charge in [-0.1, -0.05) is 60.7 Å². The average Bonchev–Trinajstić information content (AvgIpc) is 3.24. The fraction of sp³-hybridized carbons (Fsp3) is 0.407. The zero-order valence-corrected chi connectivity index (χ0v) is 20.4. The zero-order valence-electron chi connectivity index (χ0n) is 19.6. The Labute approximate surface area is 200 Å². The molecule has 0 bridgehead atoms. The summed E-state index contributed by atoms with van der Waals surface area (Å²) in [5.74, 6) is 1.35. The molecule has 0 saturated carbocycles. The number of hydrogen-bond acceptors (Lipinski definition) is 5. The van der Waals surface area contributed by atoms with Crippen molar-refractivity contribution in [3.8, 4) is 5.88 Å². The Balaban J connectivity index is 1.66. The van der Waals surface area contributed by atoms with Gasteiger partial charge >= 0.3 is 6.09 Å². The molecule has 1 aliphatic heterocycles. The summed E-state index contributed by atoms with van der Waals surface area (Å²) >= 11 is 1.56. The highest BCUT2D eigenvalue weighted by atomic mass is 32.1. The predicted molar refractivity (Wildman–Crippen MR) is 132 cm³/mol. The van der Waals surface area contributed by atoms with Crippen molar-refractivity contribution in [2.24, 2.45) is 0 Å². The van der Waals surface area contributed by atoms with Crippen molar-refractivity contribution in [2.45, 2.75) is 51.0 Å². The fourth-order valence-corrected chi connectivity index (χ4v) is 5.59. The highest BCUT2D eigenvalue weighted by Gasteiger charge is 2.30. The third kappa shape index (κ3) is 5.56. The van der Waals surface area contributed by atoms with Gasteiger partial charge in [0.2, 0.25) is 5.88 Å². The summed E-state index contributed by atoms with van der Waals surface area (Å²) in [5, 5.41) is 0. The normalized spacial score (nSPS) is 14.6. The van der Waals surface area contributed by atoms with E-state index in [4.69, 9.17) is 13.8 Å². The Bertz CT molecular complexity index is 989. The van der Waals surface area contributed by atoms with E-state index in [0.717, 1.165) is 25.1 Å². The third-order valence-electron chi connectivity index (χ3n) is 6.24. The number of hydrogen-bond donors (Lipinski definition) is 0. The van der Waals surface area contributed by atoms with E-state index < -0.39 is 0 Å². The molecule has 0 aliphatic carbocycles. The van der Waals surface area contributed by atoms with Crippen LogP contribution in [0.2, 0.25) is 0 Å². The van der Waals surface area contributed by atoms with Gasteiger partial charge in [0.15, 0.2) is 0 Å². The van der Waals surface area contributed by atoms with Gasteiger partial charge in [0, 0.05) is 29.4 Å². The van der Waals surface area contributed by atoms with Crippen molar-refractivity contribution in [2.75, 3.05) is 20.2 Å². The maximum Gasteiger partial charge on any atom is 0.409 e. The molecule has 1 saturated heterocycles. The van der Waals surface area contributed by atoms with Crippen LogP contribution in [0.1, 0.15) is 60.1 Å². The molecule has 5 nitrogen and oxygen atoms in total. The van der Waals surface area contributed by atoms with Gasteiger partial charge in [-0.15, -0.1) is 0 Å². The summed E-state index contributed by atoms with van der Waals surface area (Å²) in [4.78, 5) is 15.0. The van der Waals surface area contributed by atoms with Crippen molar-refractivity contribution >= 4 is 17.6 Å². The lowest BCUT2D eigenvalue weighted by atomic mass is 9.84. The number of rotatable bonds is 7. The first-order valence-electron chi connectivity index (χ1n) is 11.6. The fourth-order valence-electron chi connectivity index (χ4n) is 4.59. The van der Waals surface area contributed by atoms with Crippen molar-refractivity contribution in [3.05, 3.63) is 82.2 Å². The summed E-state index contributed by atoms with van der Waals surface area (Å²) in [5.41, 5.74) is 3.79. The first-order chi connectivity index (χ1) is 16.1. The number of piperidine rings is 1. The summed E-state index contributed by atoms with van der Waals surface area (Å²) in [6.07, 6.45) is 2.47. The van der Waals surface area contributed by atoms with Crippen LogP contribution >= 0.6 is 11.5 Å². The molecule has 0 radical (unpaired) electrons. The van der Waals surface area contributed by atoms with E-state index in [9.17, 15) is 4.79 Å². The van der Waals surface area contributed by atoms with Crippen LogP contribution in [0.4, 0.5) is 4.79 Å². The van der Waals surface area contributed by atoms with E-state index in [1.807, 2.05) is 13.8 Å². The number of likely N-dealkylation sites (tertiary alicyclic amines) is 1. The van der Waals surface area contributed by atoms with E-state index in [1.165, 1.54) is 28.7 Å². The Hall–Kier alpha value is -2.86. The molecular formula is C27H32N2O3S. The molecule has 0 unspecified atom stereocenters. The molecule has 2 aromatic carbocycles. The molecule has 6 heteroatoms. The van der Waals surface area contributed by atoms with Crippen LogP contribution in [0.5, 0.6) is 5.88 Å². The molecule has 4 rings (SSSR count). The number of benzene rings is 2. The summed E-state index contributed by atoms with van der Waals surface area (Å²) in [6.45, 7) is 5.50. The van der Waals surface area contributed by atoms with Crippen molar-refractivity contribution in [3.63, 3.8) is 0 Å². The molecule has 1 aromatic heterocycles. The van der Waals surface area contributed by atoms with E-state index in [-0.39, 0.29) is 18.1 Å². The monoisotopic (exact) mass is 464 g/mol. The summed E-state index contributed by atoms with van der Waals surface area (Å²) in [7, 11) is 1.44. The summed E-state index contributed by atoms with van der Waals surface area (Å²) < 4.78 is 15.8. The number of ether oxygens (including phenoxy) is 2. The summed E-state index contributed by atoms with van der Waals surface area (Å²) in [6, 6.07) is 21.3. The van der Waals surface area contributed by atoms with Gasteiger partial charge in [0.25, 0.3) is 0 Å². The zero-order chi connectivity index (χ0) is 23.2. The second-order valence-electron chi connectivity index (χ2n) is 8.81. The number of aromatic nitrogens is 1. The van der Waals surface area contributed by atoms with E-state index >= 15 is 0 Å². The largest absolute Gasteiger partial charge is 0.474 e. The Morgan fingerprint density at radius 3 is 2.12 bits per heavy atom. The number of carbonyl (C=O) groups is 1. The number of amides is 1. The minimum atomic E-state index is -0.241. The maximum atomic E-state index is 11.9. The third-order valence-corrected chi connectivity index (χ3v) is 7.27. The van der Waals surface area contributed by atoms with E-state index in [2.05, 4.69) is 60.7 Å². The number of methoxy groups -OCH3 is 1. The Morgan fingerprint density at radius 1 is 1.03 bits per heavy atom. The minimum Gasteiger partial charge on any atom is -0.474 e. The second-order valence-corrected chi connectivity index (χ2v) is 9.61. The Kier molecular flexibility index (Phi) is 7.65. The first-order valence-corrected chi connectivity index (χ1v) is 12.4. The van der Waals surface area contributed by atoms with Crippen LogP contribution in [0.25, 0.3) is 0 Å². The standard InChI is InChI=1S/C27H32N2O3S/c1-19(2)32-26-24(25(33-28-26)22-14-16-29(17-15-22)27(30)31-3)18-23(20-10-6-4-7-11-20)21-12-8-5-9-13-21/h4-13,19,22-23H,14-18H2,1-3H3. The topological polar surface area (TPSA) is 51.7 Å². The van der Waals surface area contributed by atoms with Gasteiger partial charge in [0.1, 0.15) is 0 Å². The highest BCUT2D eigenvalue weighted by Crippen LogP contribution is 2.41. The lowest BCUT2D eigenvalue weighted by Gasteiger charge is -2.31. The molecule has 1 amide bonds. The van der Waals surface area contributed by atoms with Crippen LogP contribution in [-0.2, 0) is 11.2 Å². The molecule has 33 heavy (non-hydrogen) atoms. The molecule has 1 aliphatic rings. The van der Waals surface area contributed by atoms with Crippen molar-refractivity contribution in [1.29, 1.82) is 0 Å². The van der Waals surface area contributed by atoms with Gasteiger partial charge in [0.05, 0.1) is 13.2 Å². The number of carbonyl (C=O) groups excluding carboxylic acids is 1. The van der Waals surface area contributed by atoms with Gasteiger partial charge in [-0.2, -0.15) is 4.37 Å². The quantitative estimate of drug-likeness (QED) is 0.415. The predicted octanol–water partition coefficient (Wildman–Crippen LogP) is 6.25. The Morgan fingerprint density at radius 2 is 1.61 bits per heavy atom. The number of nitrogens with zero attached hydrogens (tertiary/aromatic N) is 2. The molecule has 0 spiro atoms. The SMILES string of the molecule is COC(=O)N1CCC(c2snc(OC(C)C)c2CC(c2ccccc2)c2ccccc2)CC1. The molecule has 0 N–H and O–H groups in total. The van der Waals surface area contributed by atoms with Gasteiger partial charge in [-0.25, -0.2) is 4.79 Å². The van der Waals surface area contributed by atoms with Crippen LogP contribution < -0.4 is 4.74 Å². The van der Waals surface area contributed by atoms with Crippen molar-refractivity contribution in [1.82, 2.24) is 9.27 Å². The highest BCUT2D eigenvalue weighted by molar-refractivity contribution is 7.06. The second kappa shape index (κ2) is 10.8. The molecule has 1 fully saturated rings. The van der Waals surface area contributed by atoms with Gasteiger partial charge in [-0.05, 0) is 61.7 Å². The van der Waals surface area contributed by atoms with E-state index in [0.29, 0.717) is 19.0 Å². The molecule has 0 atom stereocenters. The average molecular weight is 465 g/mol. The van der Waals surface area contributed by atoms with Crippen LogP contribution in [0.3, 0.4) is 0 Å². The van der Waals surface area contributed by atoms with Gasteiger partial charge < -0.3 is 14.4 Å². The van der Waals surface area contributed by atoms with Crippen LogP contribution in [0.15, 0.2) is 60.7 Å². The maximum absolute atomic E-state index is 11.9. The van der Waals surface area contributed by atoms with Crippen molar-refractivity contribution < 1.29 is 14.3 Å². The molecule has 3 aromatic rings. The molecule has 174 valence electrons. The lowest BCUT2D eigenvalue weighted by molar-refractivity contribution is 0.112. The smallest absolute Gasteiger partial charge is 0.409 e. The lowest BCUT2D eigenvalue weighted by Crippen LogP contribution is -2.37. The molecular weight excluding hydrogens is 432 g/mol. The first kappa shape index (κ1) is 23.3. The minimum absolute atomic E-state index is 0.0618. The van der Waals surface area contributed by atoms with Gasteiger partial charge in [-0.3, -0.25) is 0 Å². The van der Waals surface area contributed by atoms with Crippen LogP contribution in [-0.4, -0.2) is 41.7 Å². The van der Waals surface area contributed by atoms with Crippen LogP contribution in [0, 0.1) is 0 Å².